The predicted molar refractivity (Wildman–Crippen MR) is 79.2 cm³/mol. The SMILES string of the molecule is CCCC[C@H](N)C(=O)N1CCN(CC(=O)N(C)C)CC1. The third kappa shape index (κ3) is 5.09. The van der Waals surface area contributed by atoms with Gasteiger partial charge in [0.25, 0.3) is 0 Å². The summed E-state index contributed by atoms with van der Waals surface area (Å²) in [5.74, 6) is 0.154. The molecule has 0 spiro atoms. The van der Waals surface area contributed by atoms with Crippen molar-refractivity contribution < 1.29 is 9.59 Å². The minimum absolute atomic E-state index is 0.0528. The van der Waals surface area contributed by atoms with Gasteiger partial charge in [-0.1, -0.05) is 19.8 Å². The van der Waals surface area contributed by atoms with E-state index in [1.807, 2.05) is 4.90 Å². The van der Waals surface area contributed by atoms with Crippen LogP contribution in [0.5, 0.6) is 0 Å². The van der Waals surface area contributed by atoms with Gasteiger partial charge in [-0.15, -0.1) is 0 Å². The molecule has 20 heavy (non-hydrogen) atoms. The Labute approximate surface area is 121 Å². The monoisotopic (exact) mass is 284 g/mol. The molecule has 1 rings (SSSR count). The van der Waals surface area contributed by atoms with E-state index in [9.17, 15) is 9.59 Å². The van der Waals surface area contributed by atoms with E-state index in [0.717, 1.165) is 32.4 Å². The molecule has 116 valence electrons. The number of nitrogens with zero attached hydrogens (tertiary/aromatic N) is 3. The lowest BCUT2D eigenvalue weighted by Gasteiger charge is -2.35. The van der Waals surface area contributed by atoms with Gasteiger partial charge in [0.1, 0.15) is 0 Å². The summed E-state index contributed by atoms with van der Waals surface area (Å²) < 4.78 is 0. The second-order valence-electron chi connectivity index (χ2n) is 5.64. The van der Waals surface area contributed by atoms with Crippen molar-refractivity contribution in [3.05, 3.63) is 0 Å². The van der Waals surface area contributed by atoms with Gasteiger partial charge in [-0.05, 0) is 6.42 Å². The fourth-order valence-corrected chi connectivity index (χ4v) is 2.24. The maximum absolute atomic E-state index is 12.1. The smallest absolute Gasteiger partial charge is 0.239 e. The Morgan fingerprint density at radius 3 is 2.30 bits per heavy atom. The second kappa shape index (κ2) is 8.21. The summed E-state index contributed by atoms with van der Waals surface area (Å²) in [7, 11) is 3.52. The minimum Gasteiger partial charge on any atom is -0.348 e. The van der Waals surface area contributed by atoms with Crippen LogP contribution in [0.4, 0.5) is 0 Å². The lowest BCUT2D eigenvalue weighted by atomic mass is 10.1. The molecule has 1 saturated heterocycles. The molecule has 0 aromatic rings. The molecule has 0 bridgehead atoms. The van der Waals surface area contributed by atoms with Crippen molar-refractivity contribution in [3.63, 3.8) is 0 Å². The Bertz CT molecular complexity index is 325. The maximum atomic E-state index is 12.1. The molecule has 1 atom stereocenters. The summed E-state index contributed by atoms with van der Waals surface area (Å²) in [4.78, 5) is 29.3. The van der Waals surface area contributed by atoms with Crippen LogP contribution in [0, 0.1) is 0 Å². The zero-order valence-electron chi connectivity index (χ0n) is 13.0. The molecule has 1 fully saturated rings. The summed E-state index contributed by atoms with van der Waals surface area (Å²) in [5.41, 5.74) is 5.92. The first-order chi connectivity index (χ1) is 9.45. The highest BCUT2D eigenvalue weighted by atomic mass is 16.2. The summed E-state index contributed by atoms with van der Waals surface area (Å²) in [6.45, 7) is 5.34. The molecular formula is C14H28N4O2. The average molecular weight is 284 g/mol. The molecule has 6 nitrogen and oxygen atoms in total. The Kier molecular flexibility index (Phi) is 6.95. The number of carbonyl (C=O) groups is 2. The van der Waals surface area contributed by atoms with Crippen LogP contribution < -0.4 is 5.73 Å². The largest absolute Gasteiger partial charge is 0.348 e. The van der Waals surface area contributed by atoms with Gasteiger partial charge in [0, 0.05) is 40.3 Å². The maximum Gasteiger partial charge on any atom is 0.239 e. The number of carbonyl (C=O) groups excluding carboxylic acids is 2. The van der Waals surface area contributed by atoms with Crippen molar-refractivity contribution in [2.45, 2.75) is 32.2 Å². The molecule has 0 unspecified atom stereocenters. The zero-order chi connectivity index (χ0) is 15.1. The van der Waals surface area contributed by atoms with Gasteiger partial charge >= 0.3 is 0 Å². The van der Waals surface area contributed by atoms with Crippen molar-refractivity contribution in [1.29, 1.82) is 0 Å². The number of hydrogen-bond donors (Lipinski definition) is 1. The van der Waals surface area contributed by atoms with Crippen molar-refractivity contribution >= 4 is 11.8 Å². The fraction of sp³-hybridized carbons (Fsp3) is 0.857. The van der Waals surface area contributed by atoms with Crippen LogP contribution in [-0.4, -0.2) is 79.4 Å². The van der Waals surface area contributed by atoms with Crippen LogP contribution in [0.3, 0.4) is 0 Å². The van der Waals surface area contributed by atoms with Crippen LogP contribution in [0.2, 0.25) is 0 Å². The van der Waals surface area contributed by atoms with E-state index in [4.69, 9.17) is 5.73 Å². The zero-order valence-corrected chi connectivity index (χ0v) is 13.0. The van der Waals surface area contributed by atoms with E-state index >= 15 is 0 Å². The normalized spacial score (nSPS) is 17.9. The number of likely N-dealkylation sites (N-methyl/N-ethyl adjacent to an activating group) is 1. The topological polar surface area (TPSA) is 69.9 Å². The number of hydrogen-bond acceptors (Lipinski definition) is 4. The quantitative estimate of drug-likeness (QED) is 0.729. The second-order valence-corrected chi connectivity index (χ2v) is 5.64. The Morgan fingerprint density at radius 1 is 1.20 bits per heavy atom. The fourth-order valence-electron chi connectivity index (χ4n) is 2.24. The minimum atomic E-state index is -0.370. The molecule has 0 aliphatic carbocycles. The van der Waals surface area contributed by atoms with Crippen LogP contribution in [0.25, 0.3) is 0 Å². The molecule has 2 amide bonds. The van der Waals surface area contributed by atoms with Gasteiger partial charge in [-0.3, -0.25) is 14.5 Å². The van der Waals surface area contributed by atoms with Crippen molar-refractivity contribution in [1.82, 2.24) is 14.7 Å². The van der Waals surface area contributed by atoms with Crippen LogP contribution in [0.1, 0.15) is 26.2 Å². The van der Waals surface area contributed by atoms with E-state index in [2.05, 4.69) is 11.8 Å². The first-order valence-electron chi connectivity index (χ1n) is 7.42. The molecule has 6 heteroatoms. The highest BCUT2D eigenvalue weighted by Crippen LogP contribution is 2.07. The van der Waals surface area contributed by atoms with Crippen molar-refractivity contribution in [3.8, 4) is 0 Å². The van der Waals surface area contributed by atoms with E-state index in [1.54, 1.807) is 19.0 Å². The number of amides is 2. The molecular weight excluding hydrogens is 256 g/mol. The van der Waals surface area contributed by atoms with E-state index in [-0.39, 0.29) is 17.9 Å². The Balaban J connectivity index is 2.34. The summed E-state index contributed by atoms with van der Waals surface area (Å²) in [5, 5.41) is 0. The average Bonchev–Trinajstić information content (AvgIpc) is 2.44. The van der Waals surface area contributed by atoms with Gasteiger partial charge in [0.15, 0.2) is 0 Å². The predicted octanol–water partition coefficient (Wildman–Crippen LogP) is -0.264. The third-order valence-electron chi connectivity index (χ3n) is 3.73. The van der Waals surface area contributed by atoms with Crippen molar-refractivity contribution in [2.75, 3.05) is 46.8 Å². The lowest BCUT2D eigenvalue weighted by molar-refractivity contribution is -0.135. The number of unbranched alkanes of at least 4 members (excludes halogenated alkanes) is 1. The van der Waals surface area contributed by atoms with Gasteiger partial charge in [-0.25, -0.2) is 0 Å². The summed E-state index contributed by atoms with van der Waals surface area (Å²) in [6, 6.07) is -0.370. The van der Waals surface area contributed by atoms with E-state index in [1.165, 1.54) is 0 Å². The molecule has 0 aromatic carbocycles. The highest BCUT2D eigenvalue weighted by Gasteiger charge is 2.25. The molecule has 1 aliphatic heterocycles. The van der Waals surface area contributed by atoms with E-state index < -0.39 is 0 Å². The molecule has 1 heterocycles. The van der Waals surface area contributed by atoms with Gasteiger partial charge < -0.3 is 15.5 Å². The van der Waals surface area contributed by atoms with Crippen molar-refractivity contribution in [2.24, 2.45) is 5.73 Å². The number of rotatable bonds is 6. The Hall–Kier alpha value is -1.14. The molecule has 1 aliphatic rings. The number of piperazine rings is 1. The first-order valence-corrected chi connectivity index (χ1v) is 7.42. The highest BCUT2D eigenvalue weighted by molar-refractivity contribution is 5.81. The van der Waals surface area contributed by atoms with Gasteiger partial charge in [-0.2, -0.15) is 0 Å². The van der Waals surface area contributed by atoms with Crippen LogP contribution in [-0.2, 0) is 9.59 Å². The number of nitrogens with two attached hydrogens (primary N) is 1. The van der Waals surface area contributed by atoms with Gasteiger partial charge in [0.2, 0.25) is 11.8 Å². The molecule has 0 radical (unpaired) electrons. The molecule has 0 saturated carbocycles. The van der Waals surface area contributed by atoms with E-state index in [0.29, 0.717) is 19.6 Å². The Morgan fingerprint density at radius 2 is 1.80 bits per heavy atom. The standard InChI is InChI=1S/C14H28N4O2/c1-4-5-6-12(15)14(20)18-9-7-17(8-10-18)11-13(19)16(2)3/h12H,4-11,15H2,1-3H3/t12-/m0/s1. The van der Waals surface area contributed by atoms with Gasteiger partial charge in [0.05, 0.1) is 12.6 Å². The van der Waals surface area contributed by atoms with Crippen LogP contribution in [0.15, 0.2) is 0 Å². The van der Waals surface area contributed by atoms with Crippen LogP contribution >= 0.6 is 0 Å². The summed E-state index contributed by atoms with van der Waals surface area (Å²) >= 11 is 0. The molecule has 0 aromatic heterocycles. The first kappa shape index (κ1) is 16.9. The molecule has 2 N–H and O–H groups in total. The summed E-state index contributed by atoms with van der Waals surface area (Å²) in [6.07, 6.45) is 2.81. The third-order valence-corrected chi connectivity index (χ3v) is 3.73. The lowest BCUT2D eigenvalue weighted by Crippen LogP contribution is -2.54.